The molecule has 0 aliphatic carbocycles. The minimum absolute atomic E-state index is 0.0183. The third-order valence-electron chi connectivity index (χ3n) is 4.70. The fourth-order valence-corrected chi connectivity index (χ4v) is 5.25. The molecule has 1 amide bonds. The van der Waals surface area contributed by atoms with E-state index in [9.17, 15) is 9.18 Å². The van der Waals surface area contributed by atoms with E-state index >= 15 is 0 Å². The van der Waals surface area contributed by atoms with Gasteiger partial charge in [-0.15, -0.1) is 23.1 Å². The van der Waals surface area contributed by atoms with Gasteiger partial charge in [0.15, 0.2) is 0 Å². The zero-order valence-corrected chi connectivity index (χ0v) is 17.9. The van der Waals surface area contributed by atoms with Crippen molar-refractivity contribution in [2.24, 2.45) is 0 Å². The molecule has 1 atom stereocenters. The molecule has 0 spiro atoms. The summed E-state index contributed by atoms with van der Waals surface area (Å²) in [6, 6.07) is 13.9. The number of benzene rings is 2. The minimum Gasteiger partial charge on any atom is -0.486 e. The maximum atomic E-state index is 13.4. The highest BCUT2D eigenvalue weighted by Gasteiger charge is 2.27. The molecule has 2 aromatic carbocycles. The molecule has 1 unspecified atom stereocenters. The largest absolute Gasteiger partial charge is 0.486 e. The molecule has 7 heteroatoms. The van der Waals surface area contributed by atoms with Crippen LogP contribution in [-0.2, 0) is 6.61 Å². The van der Waals surface area contributed by atoms with Crippen molar-refractivity contribution < 1.29 is 13.9 Å². The second-order valence-corrected chi connectivity index (χ2v) is 9.47. The lowest BCUT2D eigenvalue weighted by Gasteiger charge is -2.22. The van der Waals surface area contributed by atoms with Crippen molar-refractivity contribution in [1.29, 1.82) is 0 Å². The van der Waals surface area contributed by atoms with Gasteiger partial charge in [-0.1, -0.05) is 19.1 Å². The van der Waals surface area contributed by atoms with E-state index in [0.29, 0.717) is 28.1 Å². The summed E-state index contributed by atoms with van der Waals surface area (Å²) in [5.41, 5.74) is 1.67. The lowest BCUT2D eigenvalue weighted by molar-refractivity contribution is 0.0989. The van der Waals surface area contributed by atoms with Gasteiger partial charge in [0.2, 0.25) is 0 Å². The predicted molar refractivity (Wildman–Crippen MR) is 116 cm³/mol. The predicted octanol–water partition coefficient (Wildman–Crippen LogP) is 5.70. The normalized spacial score (nSPS) is 16.2. The van der Waals surface area contributed by atoms with E-state index in [4.69, 9.17) is 4.74 Å². The monoisotopic (exact) mass is 428 g/mol. The average Bonchev–Trinajstić information content (AvgIpc) is 2.99. The third-order valence-corrected chi connectivity index (χ3v) is 7.06. The van der Waals surface area contributed by atoms with E-state index in [1.54, 1.807) is 12.1 Å². The highest BCUT2D eigenvalue weighted by atomic mass is 32.2. The highest BCUT2D eigenvalue weighted by molar-refractivity contribution is 8.00. The Morgan fingerprint density at radius 1 is 1.24 bits per heavy atom. The number of aryl methyl sites for hydroxylation is 1. The second-order valence-electron chi connectivity index (χ2n) is 6.91. The number of hydrogen-bond donors (Lipinski definition) is 0. The molecular formula is C22H21FN2O2S2. The van der Waals surface area contributed by atoms with Crippen molar-refractivity contribution >= 4 is 34.7 Å². The number of carbonyl (C=O) groups is 1. The topological polar surface area (TPSA) is 42.4 Å². The number of hydrogen-bond acceptors (Lipinski definition) is 5. The molecular weight excluding hydrogens is 407 g/mol. The number of anilines is 1. The van der Waals surface area contributed by atoms with Crippen molar-refractivity contribution in [2.45, 2.75) is 37.0 Å². The number of para-hydroxylation sites is 1. The molecule has 1 aromatic heterocycles. The Bertz CT molecular complexity index is 1020. The summed E-state index contributed by atoms with van der Waals surface area (Å²) in [4.78, 5) is 21.5. The maximum absolute atomic E-state index is 13.4. The number of halogens is 1. The zero-order valence-electron chi connectivity index (χ0n) is 16.2. The fraction of sp³-hybridized carbons (Fsp3) is 0.273. The molecule has 29 heavy (non-hydrogen) atoms. The quantitative estimate of drug-likeness (QED) is 0.535. The number of aromatic nitrogens is 1. The SMILES string of the molecule is Cc1nc(COc2ccc(F)cc2)sc1C(=O)N1CCC(C)Sc2ccccc21. The zero-order chi connectivity index (χ0) is 20.4. The molecule has 0 radical (unpaired) electrons. The molecule has 1 aliphatic heterocycles. The lowest BCUT2D eigenvalue weighted by Crippen LogP contribution is -2.32. The number of carbonyl (C=O) groups excluding carboxylic acids is 1. The number of nitrogens with zero attached hydrogens (tertiary/aromatic N) is 2. The van der Waals surface area contributed by atoms with E-state index in [2.05, 4.69) is 18.0 Å². The third kappa shape index (κ3) is 4.46. The number of ether oxygens (including phenoxy) is 1. The summed E-state index contributed by atoms with van der Waals surface area (Å²) in [5.74, 6) is 0.246. The number of amides is 1. The summed E-state index contributed by atoms with van der Waals surface area (Å²) >= 11 is 3.17. The van der Waals surface area contributed by atoms with Crippen LogP contribution in [0.5, 0.6) is 5.75 Å². The van der Waals surface area contributed by atoms with Crippen LogP contribution in [0.4, 0.5) is 10.1 Å². The Morgan fingerprint density at radius 3 is 2.79 bits per heavy atom. The first-order valence-corrected chi connectivity index (χ1v) is 11.1. The van der Waals surface area contributed by atoms with Crippen LogP contribution in [-0.4, -0.2) is 22.7 Å². The average molecular weight is 429 g/mol. The molecule has 1 aliphatic rings. The fourth-order valence-electron chi connectivity index (χ4n) is 3.21. The van der Waals surface area contributed by atoms with Crippen LogP contribution in [0, 0.1) is 12.7 Å². The van der Waals surface area contributed by atoms with Crippen molar-refractivity contribution in [3.05, 3.63) is 69.9 Å². The number of rotatable bonds is 4. The highest BCUT2D eigenvalue weighted by Crippen LogP contribution is 2.38. The Kier molecular flexibility index (Phi) is 5.87. The summed E-state index contributed by atoms with van der Waals surface area (Å²) in [6.07, 6.45) is 0.934. The van der Waals surface area contributed by atoms with Crippen molar-refractivity contribution in [3.63, 3.8) is 0 Å². The van der Waals surface area contributed by atoms with Gasteiger partial charge < -0.3 is 9.64 Å². The molecule has 0 saturated heterocycles. The van der Waals surface area contributed by atoms with Gasteiger partial charge >= 0.3 is 0 Å². The second kappa shape index (κ2) is 8.55. The van der Waals surface area contributed by atoms with Gasteiger partial charge in [-0.2, -0.15) is 0 Å². The number of thioether (sulfide) groups is 1. The molecule has 150 valence electrons. The lowest BCUT2D eigenvalue weighted by atomic mass is 10.2. The van der Waals surface area contributed by atoms with Gasteiger partial charge in [0.05, 0.1) is 11.4 Å². The molecule has 2 heterocycles. The van der Waals surface area contributed by atoms with Crippen molar-refractivity contribution in [2.75, 3.05) is 11.4 Å². The summed E-state index contributed by atoms with van der Waals surface area (Å²) in [5, 5.41) is 1.18. The molecule has 3 aromatic rings. The van der Waals surface area contributed by atoms with Crippen LogP contribution >= 0.6 is 23.1 Å². The Balaban J connectivity index is 1.54. The van der Waals surface area contributed by atoms with E-state index in [0.717, 1.165) is 22.0 Å². The summed E-state index contributed by atoms with van der Waals surface area (Å²) in [6.45, 7) is 4.97. The van der Waals surface area contributed by atoms with Gasteiger partial charge in [-0.3, -0.25) is 4.79 Å². The summed E-state index contributed by atoms with van der Waals surface area (Å²) in [7, 11) is 0. The van der Waals surface area contributed by atoms with Crippen molar-refractivity contribution in [1.82, 2.24) is 4.98 Å². The maximum Gasteiger partial charge on any atom is 0.270 e. The summed E-state index contributed by atoms with van der Waals surface area (Å²) < 4.78 is 18.7. The van der Waals surface area contributed by atoms with Crippen LogP contribution in [0.2, 0.25) is 0 Å². The molecule has 0 fully saturated rings. The van der Waals surface area contributed by atoms with Gasteiger partial charge in [0, 0.05) is 16.7 Å². The number of thiazole rings is 1. The van der Waals surface area contributed by atoms with Crippen LogP contribution in [0.3, 0.4) is 0 Å². The minimum atomic E-state index is -0.305. The van der Waals surface area contributed by atoms with E-state index in [1.165, 1.54) is 23.5 Å². The van der Waals surface area contributed by atoms with Gasteiger partial charge in [0.25, 0.3) is 5.91 Å². The molecule has 0 bridgehead atoms. The Labute approximate surface area is 177 Å². The standard InChI is InChI=1S/C22H21FN2O2S2/c1-14-11-12-25(18-5-3-4-6-19(18)28-14)22(26)21-15(2)24-20(29-21)13-27-17-9-7-16(23)8-10-17/h3-10,14H,11-13H2,1-2H3. The first-order valence-electron chi connectivity index (χ1n) is 9.43. The van der Waals surface area contributed by atoms with E-state index < -0.39 is 0 Å². The van der Waals surface area contributed by atoms with E-state index in [1.807, 2.05) is 41.8 Å². The Morgan fingerprint density at radius 2 is 2.00 bits per heavy atom. The first kappa shape index (κ1) is 19.9. The van der Waals surface area contributed by atoms with E-state index in [-0.39, 0.29) is 18.3 Å². The smallest absolute Gasteiger partial charge is 0.270 e. The first-order chi connectivity index (χ1) is 14.0. The van der Waals surface area contributed by atoms with Gasteiger partial charge in [0.1, 0.15) is 28.1 Å². The van der Waals surface area contributed by atoms with Gasteiger partial charge in [-0.25, -0.2) is 9.37 Å². The van der Waals surface area contributed by atoms with Gasteiger partial charge in [-0.05, 0) is 49.7 Å². The van der Waals surface area contributed by atoms with Crippen LogP contribution in [0.1, 0.15) is 33.7 Å². The molecule has 4 rings (SSSR count). The number of fused-ring (bicyclic) bond motifs is 1. The molecule has 0 saturated carbocycles. The Hall–Kier alpha value is -2.38. The molecule has 4 nitrogen and oxygen atoms in total. The van der Waals surface area contributed by atoms with Crippen LogP contribution in [0.15, 0.2) is 53.4 Å². The molecule has 0 N–H and O–H groups in total. The van der Waals surface area contributed by atoms with Crippen LogP contribution in [0.25, 0.3) is 0 Å². The van der Waals surface area contributed by atoms with Crippen molar-refractivity contribution in [3.8, 4) is 5.75 Å². The van der Waals surface area contributed by atoms with Crippen LogP contribution < -0.4 is 9.64 Å².